The van der Waals surface area contributed by atoms with Crippen molar-refractivity contribution in [1.29, 1.82) is 0 Å². The molecule has 0 amide bonds. The van der Waals surface area contributed by atoms with E-state index in [1.54, 1.807) is 24.3 Å². The van der Waals surface area contributed by atoms with Gasteiger partial charge in [-0.05, 0) is 118 Å². The average molecular weight is 488 g/mol. The maximum absolute atomic E-state index is 11.2. The second-order valence-corrected chi connectivity index (χ2v) is 11.4. The highest BCUT2D eigenvalue weighted by Crippen LogP contribution is 2.62. The number of nitrogens with zero attached hydrogens (tertiary/aromatic N) is 3. The second kappa shape index (κ2) is 9.04. The van der Waals surface area contributed by atoms with Crippen LogP contribution < -0.4 is 4.74 Å². The van der Waals surface area contributed by atoms with Crippen LogP contribution in [0.15, 0.2) is 47.0 Å². The molecule has 4 bridgehead atoms. The van der Waals surface area contributed by atoms with Crippen LogP contribution in [0.5, 0.6) is 5.75 Å². The Labute approximate surface area is 211 Å². The van der Waals surface area contributed by atoms with E-state index in [0.717, 1.165) is 35.6 Å². The van der Waals surface area contributed by atoms with Crippen LogP contribution in [0.4, 0.5) is 0 Å². The third-order valence-corrected chi connectivity index (χ3v) is 8.45. The lowest BCUT2D eigenvalue weighted by Gasteiger charge is -2.57. The molecule has 0 atom stereocenters. The highest BCUT2D eigenvalue weighted by molar-refractivity contribution is 5.88. The minimum Gasteiger partial charge on any atom is -0.492 e. The van der Waals surface area contributed by atoms with E-state index in [0.29, 0.717) is 23.9 Å². The number of carboxylic acid groups (broad SMARTS) is 1. The Bertz CT molecular complexity index is 1230. The third-order valence-electron chi connectivity index (χ3n) is 8.45. The maximum Gasteiger partial charge on any atom is 0.335 e. The molecule has 7 nitrogen and oxygen atoms in total. The number of hydrogen-bond acceptors (Lipinski definition) is 6. The predicted molar refractivity (Wildman–Crippen MR) is 136 cm³/mol. The number of hydrogen-bond donors (Lipinski definition) is 1. The van der Waals surface area contributed by atoms with Gasteiger partial charge in [0.25, 0.3) is 5.89 Å². The molecule has 4 saturated carbocycles. The molecule has 0 spiro atoms. The summed E-state index contributed by atoms with van der Waals surface area (Å²) in [6.07, 6.45) is 7.93. The first-order valence-electron chi connectivity index (χ1n) is 13.0. The number of aromatic nitrogens is 2. The molecule has 0 saturated heterocycles. The van der Waals surface area contributed by atoms with E-state index < -0.39 is 5.97 Å². The van der Waals surface area contributed by atoms with Crippen molar-refractivity contribution in [1.82, 2.24) is 15.0 Å². The van der Waals surface area contributed by atoms with Crippen LogP contribution in [0.1, 0.15) is 54.4 Å². The minimum absolute atomic E-state index is 0.178. The summed E-state index contributed by atoms with van der Waals surface area (Å²) in [5, 5.41) is 13.4. The fourth-order valence-electron chi connectivity index (χ4n) is 7.20. The third kappa shape index (κ3) is 4.30. The first kappa shape index (κ1) is 23.2. The molecule has 4 aliphatic rings. The summed E-state index contributed by atoms with van der Waals surface area (Å²) >= 11 is 0. The zero-order valence-electron chi connectivity index (χ0n) is 20.9. The number of likely N-dealkylation sites (N-methyl/N-ethyl adjacent to an activating group) is 1. The summed E-state index contributed by atoms with van der Waals surface area (Å²) in [5.41, 5.74) is 3.34. The number of carbonyl (C=O) groups is 1. The zero-order chi connectivity index (χ0) is 24.9. The molecule has 4 fully saturated rings. The highest BCUT2D eigenvalue weighted by atomic mass is 16.5. The van der Waals surface area contributed by atoms with Crippen LogP contribution in [0.25, 0.3) is 22.8 Å². The van der Waals surface area contributed by atoms with Gasteiger partial charge in [-0.25, -0.2) is 4.79 Å². The Hall–Kier alpha value is -3.19. The predicted octanol–water partition coefficient (Wildman–Crippen LogP) is 5.51. The summed E-state index contributed by atoms with van der Waals surface area (Å²) in [6.45, 7) is 1.53. The maximum atomic E-state index is 11.2. The van der Waals surface area contributed by atoms with E-state index in [4.69, 9.17) is 14.4 Å². The Morgan fingerprint density at radius 3 is 2.28 bits per heavy atom. The molecular weight excluding hydrogens is 454 g/mol. The van der Waals surface area contributed by atoms with E-state index in [1.165, 1.54) is 44.1 Å². The molecule has 188 valence electrons. The van der Waals surface area contributed by atoms with Crippen molar-refractivity contribution in [3.05, 3.63) is 53.6 Å². The number of benzene rings is 2. The van der Waals surface area contributed by atoms with Crippen LogP contribution in [0.2, 0.25) is 0 Å². The normalized spacial score (nSPS) is 26.5. The van der Waals surface area contributed by atoms with E-state index >= 15 is 0 Å². The van der Waals surface area contributed by atoms with Crippen LogP contribution in [-0.2, 0) is 5.41 Å². The van der Waals surface area contributed by atoms with Gasteiger partial charge in [0, 0.05) is 23.2 Å². The van der Waals surface area contributed by atoms with Crippen molar-refractivity contribution in [2.75, 3.05) is 27.2 Å². The Balaban J connectivity index is 1.34. The van der Waals surface area contributed by atoms with Crippen molar-refractivity contribution < 1.29 is 19.2 Å². The molecule has 1 aromatic heterocycles. The van der Waals surface area contributed by atoms with Gasteiger partial charge in [0.05, 0.1) is 5.56 Å². The largest absolute Gasteiger partial charge is 0.492 e. The van der Waals surface area contributed by atoms with Crippen LogP contribution in [0.3, 0.4) is 0 Å². The van der Waals surface area contributed by atoms with Gasteiger partial charge in [0.2, 0.25) is 5.82 Å². The lowest BCUT2D eigenvalue weighted by Crippen LogP contribution is -2.48. The van der Waals surface area contributed by atoms with Gasteiger partial charge in [-0.2, -0.15) is 4.98 Å². The number of aromatic carboxylic acids is 1. The zero-order valence-corrected chi connectivity index (χ0v) is 20.9. The van der Waals surface area contributed by atoms with E-state index in [2.05, 4.69) is 41.3 Å². The van der Waals surface area contributed by atoms with Crippen LogP contribution >= 0.6 is 0 Å². The summed E-state index contributed by atoms with van der Waals surface area (Å²) < 4.78 is 12.0. The molecule has 3 aromatic rings. The molecule has 7 rings (SSSR count). The lowest BCUT2D eigenvalue weighted by atomic mass is 9.48. The SMILES string of the molecule is CN(C)CCOc1ccc(-c2noc(-c3ccc(C(=O)O)cc3)n2)cc1C12CC3CC(CC(C3)C1)C2. The van der Waals surface area contributed by atoms with Gasteiger partial charge in [0.15, 0.2) is 0 Å². The Kier molecular flexibility index (Phi) is 5.83. The first-order chi connectivity index (χ1) is 17.4. The molecule has 0 radical (unpaired) electrons. The van der Waals surface area contributed by atoms with Crippen molar-refractivity contribution in [3.63, 3.8) is 0 Å². The molecule has 2 aromatic carbocycles. The summed E-state index contributed by atoms with van der Waals surface area (Å²) in [7, 11) is 4.13. The van der Waals surface area contributed by atoms with Crippen molar-refractivity contribution in [3.8, 4) is 28.6 Å². The fraction of sp³-hybridized carbons (Fsp3) is 0.483. The summed E-state index contributed by atoms with van der Waals surface area (Å²) in [6, 6.07) is 12.9. The molecule has 1 heterocycles. The van der Waals surface area contributed by atoms with Crippen LogP contribution in [-0.4, -0.2) is 53.4 Å². The van der Waals surface area contributed by atoms with E-state index in [-0.39, 0.29) is 11.0 Å². The average Bonchev–Trinajstić information content (AvgIpc) is 3.33. The molecular formula is C29H33N3O4. The monoisotopic (exact) mass is 487 g/mol. The molecule has 36 heavy (non-hydrogen) atoms. The van der Waals surface area contributed by atoms with Crippen molar-refractivity contribution >= 4 is 5.97 Å². The number of ether oxygens (including phenoxy) is 1. The van der Waals surface area contributed by atoms with E-state index in [1.807, 2.05) is 6.07 Å². The first-order valence-corrected chi connectivity index (χ1v) is 13.0. The topological polar surface area (TPSA) is 88.7 Å². The Morgan fingerprint density at radius 1 is 1.03 bits per heavy atom. The molecule has 4 aliphatic carbocycles. The summed E-state index contributed by atoms with van der Waals surface area (Å²) in [5.74, 6) is 3.45. The fourth-order valence-corrected chi connectivity index (χ4v) is 7.20. The smallest absolute Gasteiger partial charge is 0.335 e. The van der Waals surface area contributed by atoms with Crippen molar-refractivity contribution in [2.45, 2.75) is 43.9 Å². The van der Waals surface area contributed by atoms with Gasteiger partial charge in [-0.3, -0.25) is 0 Å². The quantitative estimate of drug-likeness (QED) is 0.448. The van der Waals surface area contributed by atoms with Crippen molar-refractivity contribution in [2.24, 2.45) is 17.8 Å². The molecule has 0 aliphatic heterocycles. The number of rotatable bonds is 8. The standard InChI is InChI=1S/C29H33N3O4/c1-32(2)9-10-35-25-8-7-23(14-24(25)29-15-18-11-19(16-29)13-20(12-18)17-29)26-30-27(36-31-26)21-3-5-22(6-4-21)28(33)34/h3-8,14,18-20H,9-13,15-17H2,1-2H3,(H,33,34). The molecule has 7 heteroatoms. The molecule has 0 unspecified atom stereocenters. The van der Waals surface area contributed by atoms with Gasteiger partial charge in [-0.1, -0.05) is 5.16 Å². The lowest BCUT2D eigenvalue weighted by molar-refractivity contribution is -0.00640. The van der Waals surface area contributed by atoms with Gasteiger partial charge >= 0.3 is 5.97 Å². The minimum atomic E-state index is -0.960. The molecule has 1 N–H and O–H groups in total. The summed E-state index contributed by atoms with van der Waals surface area (Å²) in [4.78, 5) is 18.0. The second-order valence-electron chi connectivity index (χ2n) is 11.4. The Morgan fingerprint density at radius 2 is 1.67 bits per heavy atom. The van der Waals surface area contributed by atoms with Gasteiger partial charge < -0.3 is 19.3 Å². The van der Waals surface area contributed by atoms with E-state index in [9.17, 15) is 4.79 Å². The van der Waals surface area contributed by atoms with Crippen LogP contribution in [0, 0.1) is 17.8 Å². The number of carboxylic acids is 1. The van der Waals surface area contributed by atoms with Gasteiger partial charge in [0.1, 0.15) is 12.4 Å². The van der Waals surface area contributed by atoms with Gasteiger partial charge in [-0.15, -0.1) is 0 Å². The highest BCUT2D eigenvalue weighted by Gasteiger charge is 2.52.